The molecule has 0 heterocycles. The Hall–Kier alpha value is -1.62. The van der Waals surface area contributed by atoms with E-state index >= 15 is 0 Å². The molecule has 134 valence electrons. The molecule has 1 aromatic carbocycles. The number of carbonyl (C=O) groups excluding carboxylic acids is 1. The minimum absolute atomic E-state index is 0.160. The van der Waals surface area contributed by atoms with E-state index in [0.717, 1.165) is 0 Å². The Morgan fingerprint density at radius 2 is 2.00 bits per heavy atom. The number of carbonyl (C=O) groups is 1. The van der Waals surface area contributed by atoms with Gasteiger partial charge in [-0.25, -0.2) is 4.39 Å². The maximum Gasteiger partial charge on any atom is 0.249 e. The van der Waals surface area contributed by atoms with Crippen molar-refractivity contribution < 1.29 is 18.7 Å². The Bertz CT molecular complexity index is 552. The van der Waals surface area contributed by atoms with Crippen LogP contribution >= 0.6 is 0 Å². The maximum absolute atomic E-state index is 13.7. The highest BCUT2D eigenvalue weighted by Gasteiger charge is 2.30. The summed E-state index contributed by atoms with van der Waals surface area (Å²) in [7, 11) is 0. The van der Waals surface area contributed by atoms with E-state index in [1.54, 1.807) is 25.1 Å². The fourth-order valence-electron chi connectivity index (χ4n) is 2.17. The first kappa shape index (κ1) is 18.7. The van der Waals surface area contributed by atoms with Gasteiger partial charge in [0.25, 0.3) is 0 Å². The molecule has 0 saturated heterocycles. The highest BCUT2D eigenvalue weighted by atomic mass is 19.1. The number of rotatable bonds is 8. The predicted molar refractivity (Wildman–Crippen MR) is 91.4 cm³/mol. The minimum Gasteiger partial charge on any atom is -0.488 e. The van der Waals surface area contributed by atoms with Crippen LogP contribution in [0.4, 0.5) is 4.39 Å². The fourth-order valence-corrected chi connectivity index (χ4v) is 2.17. The number of halogens is 1. The second kappa shape index (κ2) is 7.97. The number of hydrogen-bond acceptors (Lipinski definition) is 3. The van der Waals surface area contributed by atoms with Gasteiger partial charge in [-0.2, -0.15) is 0 Å². The van der Waals surface area contributed by atoms with Crippen LogP contribution in [0, 0.1) is 17.2 Å². The Labute approximate surface area is 143 Å². The van der Waals surface area contributed by atoms with Crippen molar-refractivity contribution in [3.8, 4) is 5.75 Å². The molecule has 1 amide bonds. The summed E-state index contributed by atoms with van der Waals surface area (Å²) >= 11 is 0. The zero-order valence-corrected chi connectivity index (χ0v) is 15.0. The largest absolute Gasteiger partial charge is 0.488 e. The summed E-state index contributed by atoms with van der Waals surface area (Å²) in [6.07, 6.45) is 1.88. The van der Waals surface area contributed by atoms with Gasteiger partial charge in [0.15, 0.2) is 11.6 Å². The topological polar surface area (TPSA) is 47.6 Å². The molecule has 1 aliphatic carbocycles. The predicted octanol–water partition coefficient (Wildman–Crippen LogP) is 3.55. The molecule has 0 bridgehead atoms. The van der Waals surface area contributed by atoms with Crippen molar-refractivity contribution in [1.29, 1.82) is 0 Å². The molecular formula is C19H28FNO3. The first-order valence-corrected chi connectivity index (χ1v) is 8.56. The van der Waals surface area contributed by atoms with Gasteiger partial charge < -0.3 is 14.8 Å². The number of benzene rings is 1. The van der Waals surface area contributed by atoms with E-state index in [2.05, 4.69) is 5.32 Å². The smallest absolute Gasteiger partial charge is 0.249 e. The van der Waals surface area contributed by atoms with Crippen LogP contribution in [0.1, 0.15) is 40.5 Å². The van der Waals surface area contributed by atoms with Gasteiger partial charge in [0.05, 0.1) is 12.6 Å². The van der Waals surface area contributed by atoms with E-state index in [1.165, 1.54) is 18.9 Å². The van der Waals surface area contributed by atoms with Crippen LogP contribution < -0.4 is 10.1 Å². The lowest BCUT2D eigenvalue weighted by molar-refractivity contribution is -0.133. The third-order valence-electron chi connectivity index (χ3n) is 4.25. The summed E-state index contributed by atoms with van der Waals surface area (Å²) in [5.41, 5.74) is -0.225. The molecule has 1 aliphatic rings. The van der Waals surface area contributed by atoms with Crippen LogP contribution in [0.2, 0.25) is 0 Å². The molecule has 0 aliphatic heterocycles. The maximum atomic E-state index is 13.7. The molecule has 5 heteroatoms. The second-order valence-corrected chi connectivity index (χ2v) is 7.59. The molecule has 1 aromatic rings. The van der Waals surface area contributed by atoms with Gasteiger partial charge in [0, 0.05) is 0 Å². The Morgan fingerprint density at radius 1 is 1.33 bits per heavy atom. The molecule has 1 saturated carbocycles. The standard InChI is InChI=1S/C19H28FNO3/c1-13(23-11-14-9-10-14)18(22)21-17(19(2,3)4)12-24-16-8-6-5-7-15(16)20/h5-8,13-14,17H,9-12H2,1-4H3,(H,21,22). The Kier molecular flexibility index (Phi) is 6.21. The lowest BCUT2D eigenvalue weighted by Crippen LogP contribution is -2.50. The van der Waals surface area contributed by atoms with E-state index < -0.39 is 11.9 Å². The zero-order valence-electron chi connectivity index (χ0n) is 15.0. The van der Waals surface area contributed by atoms with Crippen LogP contribution in [0.15, 0.2) is 24.3 Å². The normalized spacial score (nSPS) is 17.2. The first-order valence-electron chi connectivity index (χ1n) is 8.56. The molecular weight excluding hydrogens is 309 g/mol. The fraction of sp³-hybridized carbons (Fsp3) is 0.632. The van der Waals surface area contributed by atoms with E-state index in [4.69, 9.17) is 9.47 Å². The summed E-state index contributed by atoms with van der Waals surface area (Å²) in [4.78, 5) is 12.3. The van der Waals surface area contributed by atoms with Gasteiger partial charge in [0.1, 0.15) is 12.7 Å². The van der Waals surface area contributed by atoms with Gasteiger partial charge in [-0.1, -0.05) is 32.9 Å². The van der Waals surface area contributed by atoms with Gasteiger partial charge in [0.2, 0.25) is 5.91 Å². The molecule has 1 N–H and O–H groups in total. The summed E-state index contributed by atoms with van der Waals surface area (Å²) in [5, 5.41) is 2.98. The van der Waals surface area contributed by atoms with Gasteiger partial charge in [-0.15, -0.1) is 0 Å². The van der Waals surface area contributed by atoms with Crippen LogP contribution in [0.3, 0.4) is 0 Å². The van der Waals surface area contributed by atoms with Crippen LogP contribution in [-0.4, -0.2) is 31.3 Å². The van der Waals surface area contributed by atoms with Crippen LogP contribution in [0.25, 0.3) is 0 Å². The van der Waals surface area contributed by atoms with Gasteiger partial charge in [-0.3, -0.25) is 4.79 Å². The van der Waals surface area contributed by atoms with Crippen molar-refractivity contribution in [1.82, 2.24) is 5.32 Å². The number of nitrogens with one attached hydrogen (secondary N) is 1. The monoisotopic (exact) mass is 337 g/mol. The average Bonchev–Trinajstić information content (AvgIpc) is 3.33. The number of para-hydroxylation sites is 1. The summed E-state index contributed by atoms with van der Waals surface area (Å²) in [5.74, 6) is 0.243. The molecule has 0 spiro atoms. The van der Waals surface area contributed by atoms with Crippen LogP contribution in [0.5, 0.6) is 5.75 Å². The van der Waals surface area contributed by atoms with Crippen molar-refractivity contribution in [3.63, 3.8) is 0 Å². The molecule has 0 aromatic heterocycles. The van der Waals surface area contributed by atoms with Gasteiger partial charge >= 0.3 is 0 Å². The molecule has 2 unspecified atom stereocenters. The summed E-state index contributed by atoms with van der Waals surface area (Å²) in [6, 6.07) is 6.02. The Morgan fingerprint density at radius 3 is 2.58 bits per heavy atom. The molecule has 24 heavy (non-hydrogen) atoms. The van der Waals surface area contributed by atoms with E-state index in [1.807, 2.05) is 20.8 Å². The lowest BCUT2D eigenvalue weighted by atomic mass is 9.87. The molecule has 2 rings (SSSR count). The summed E-state index contributed by atoms with van der Waals surface area (Å²) < 4.78 is 24.9. The highest BCUT2D eigenvalue weighted by molar-refractivity contribution is 5.80. The summed E-state index contributed by atoms with van der Waals surface area (Å²) in [6.45, 7) is 8.64. The highest BCUT2D eigenvalue weighted by Crippen LogP contribution is 2.29. The van der Waals surface area contributed by atoms with Crippen molar-refractivity contribution in [2.75, 3.05) is 13.2 Å². The van der Waals surface area contributed by atoms with E-state index in [-0.39, 0.29) is 29.7 Å². The molecule has 0 radical (unpaired) electrons. The van der Waals surface area contributed by atoms with Crippen LogP contribution in [-0.2, 0) is 9.53 Å². The Balaban J connectivity index is 1.90. The third kappa shape index (κ3) is 5.78. The van der Waals surface area contributed by atoms with Crippen molar-refractivity contribution >= 4 is 5.91 Å². The molecule has 1 fully saturated rings. The molecule has 4 nitrogen and oxygen atoms in total. The van der Waals surface area contributed by atoms with Crippen molar-refractivity contribution in [2.45, 2.75) is 52.7 Å². The second-order valence-electron chi connectivity index (χ2n) is 7.59. The molecule has 2 atom stereocenters. The van der Waals surface area contributed by atoms with Gasteiger partial charge in [-0.05, 0) is 43.2 Å². The average molecular weight is 337 g/mol. The third-order valence-corrected chi connectivity index (χ3v) is 4.25. The number of amides is 1. The quantitative estimate of drug-likeness (QED) is 0.789. The SMILES string of the molecule is CC(OCC1CC1)C(=O)NC(COc1ccccc1F)C(C)(C)C. The number of hydrogen-bond donors (Lipinski definition) is 1. The zero-order chi connectivity index (χ0) is 17.7. The van der Waals surface area contributed by atoms with E-state index in [9.17, 15) is 9.18 Å². The van der Waals surface area contributed by atoms with Crippen molar-refractivity contribution in [3.05, 3.63) is 30.1 Å². The first-order chi connectivity index (χ1) is 11.3. The van der Waals surface area contributed by atoms with Crippen molar-refractivity contribution in [2.24, 2.45) is 11.3 Å². The minimum atomic E-state index is -0.496. The van der Waals surface area contributed by atoms with E-state index in [0.29, 0.717) is 12.5 Å². The number of ether oxygens (including phenoxy) is 2. The lowest BCUT2D eigenvalue weighted by Gasteiger charge is -2.32.